The zero-order valence-corrected chi connectivity index (χ0v) is 7.58. The molecular weight excluding hydrogens is 164 g/mol. The fourth-order valence-electron chi connectivity index (χ4n) is 0.890. The van der Waals surface area contributed by atoms with Gasteiger partial charge in [-0.25, -0.2) is 0 Å². The van der Waals surface area contributed by atoms with Gasteiger partial charge in [-0.15, -0.1) is 12.3 Å². The van der Waals surface area contributed by atoms with Gasteiger partial charge in [0.05, 0.1) is 7.11 Å². The molecule has 0 atom stereocenters. The lowest BCUT2D eigenvalue weighted by Crippen LogP contribution is -2.02. The number of hydrogen-bond acceptors (Lipinski definition) is 3. The Morgan fingerprint density at radius 1 is 1.62 bits per heavy atom. The highest BCUT2D eigenvalue weighted by molar-refractivity contribution is 5.36. The number of rotatable bonds is 4. The lowest BCUT2D eigenvalue weighted by Gasteiger charge is -2.04. The third kappa shape index (κ3) is 3.04. The summed E-state index contributed by atoms with van der Waals surface area (Å²) in [5.74, 6) is 3.93. The predicted octanol–water partition coefficient (Wildman–Crippen LogP) is 1.53. The van der Waals surface area contributed by atoms with Crippen molar-refractivity contribution in [3.05, 3.63) is 18.2 Å². The normalized spacial score (nSPS) is 8.92. The zero-order valence-electron chi connectivity index (χ0n) is 7.58. The monoisotopic (exact) mass is 176 g/mol. The number of aromatic nitrogens is 1. The summed E-state index contributed by atoms with van der Waals surface area (Å²) in [6.07, 6.45) is 5.81. The van der Waals surface area contributed by atoms with E-state index in [4.69, 9.17) is 11.2 Å². The molecule has 68 valence electrons. The van der Waals surface area contributed by atoms with Gasteiger partial charge in [-0.05, 0) is 6.07 Å². The Morgan fingerprint density at radius 2 is 2.46 bits per heavy atom. The van der Waals surface area contributed by atoms with Crippen LogP contribution >= 0.6 is 0 Å². The number of pyridine rings is 1. The number of nitrogens with one attached hydrogen (secondary N) is 1. The van der Waals surface area contributed by atoms with Gasteiger partial charge in [-0.2, -0.15) is 4.98 Å². The summed E-state index contributed by atoms with van der Waals surface area (Å²) in [4.78, 5) is 4.16. The maximum absolute atomic E-state index is 5.11. The molecule has 1 rings (SSSR count). The number of anilines is 1. The van der Waals surface area contributed by atoms with E-state index in [-0.39, 0.29) is 0 Å². The van der Waals surface area contributed by atoms with Crippen molar-refractivity contribution in [1.29, 1.82) is 0 Å². The summed E-state index contributed by atoms with van der Waals surface area (Å²) in [5, 5.41) is 3.09. The van der Waals surface area contributed by atoms with Gasteiger partial charge < -0.3 is 10.1 Å². The van der Waals surface area contributed by atoms with Gasteiger partial charge in [0.15, 0.2) is 0 Å². The molecule has 0 unspecified atom stereocenters. The third-order valence-corrected chi connectivity index (χ3v) is 1.51. The molecule has 1 heterocycles. The first-order chi connectivity index (χ1) is 6.36. The molecule has 0 aliphatic heterocycles. The van der Waals surface area contributed by atoms with E-state index in [1.807, 2.05) is 12.1 Å². The minimum atomic E-state index is 0.603. The van der Waals surface area contributed by atoms with Crippen molar-refractivity contribution in [2.75, 3.05) is 19.0 Å². The van der Waals surface area contributed by atoms with Crippen molar-refractivity contribution in [2.24, 2.45) is 0 Å². The molecule has 13 heavy (non-hydrogen) atoms. The van der Waals surface area contributed by atoms with Gasteiger partial charge >= 0.3 is 0 Å². The number of nitrogens with zero attached hydrogens (tertiary/aromatic N) is 1. The Bertz CT molecular complexity index is 304. The second-order valence-electron chi connectivity index (χ2n) is 2.45. The first-order valence-electron chi connectivity index (χ1n) is 4.05. The molecule has 0 saturated carbocycles. The molecule has 0 aromatic carbocycles. The summed E-state index contributed by atoms with van der Waals surface area (Å²) in [6.45, 7) is 0.733. The molecule has 0 spiro atoms. The molecule has 0 saturated heterocycles. The summed E-state index contributed by atoms with van der Waals surface area (Å²) in [5.41, 5.74) is 0. The highest BCUT2D eigenvalue weighted by Gasteiger charge is 1.94. The molecular formula is C10H12N2O. The van der Waals surface area contributed by atoms with Crippen molar-refractivity contribution in [3.8, 4) is 18.2 Å². The van der Waals surface area contributed by atoms with Crippen LogP contribution in [0.4, 0.5) is 5.82 Å². The second-order valence-corrected chi connectivity index (χ2v) is 2.45. The van der Waals surface area contributed by atoms with Crippen LogP contribution < -0.4 is 10.1 Å². The molecule has 1 N–H and O–H groups in total. The second kappa shape index (κ2) is 5.04. The number of ether oxygens (including phenoxy) is 1. The Labute approximate surface area is 78.1 Å². The van der Waals surface area contributed by atoms with Gasteiger partial charge in [0.25, 0.3) is 0 Å². The maximum Gasteiger partial charge on any atom is 0.214 e. The first kappa shape index (κ1) is 9.40. The molecule has 3 nitrogen and oxygen atoms in total. The minimum Gasteiger partial charge on any atom is -0.481 e. The Balaban J connectivity index is 2.52. The molecule has 0 bridgehead atoms. The lowest BCUT2D eigenvalue weighted by molar-refractivity contribution is 0.398. The topological polar surface area (TPSA) is 34.1 Å². The SMILES string of the molecule is C#CCCNc1cccc(OC)n1. The van der Waals surface area contributed by atoms with Crippen LogP contribution in [0.1, 0.15) is 6.42 Å². The van der Waals surface area contributed by atoms with Crippen LogP contribution in [-0.2, 0) is 0 Å². The molecule has 0 fully saturated rings. The fraction of sp³-hybridized carbons (Fsp3) is 0.300. The maximum atomic E-state index is 5.11. The summed E-state index contributed by atoms with van der Waals surface area (Å²) in [6, 6.07) is 5.55. The number of terminal acetylenes is 1. The van der Waals surface area contributed by atoms with Gasteiger partial charge in [0, 0.05) is 19.0 Å². The van der Waals surface area contributed by atoms with Crippen LogP contribution in [-0.4, -0.2) is 18.6 Å². The molecule has 1 aromatic heterocycles. The van der Waals surface area contributed by atoms with Crippen molar-refractivity contribution in [1.82, 2.24) is 4.98 Å². The van der Waals surface area contributed by atoms with E-state index < -0.39 is 0 Å². The molecule has 3 heteroatoms. The Hall–Kier alpha value is -1.69. The van der Waals surface area contributed by atoms with Crippen LogP contribution in [0.25, 0.3) is 0 Å². The minimum absolute atomic E-state index is 0.603. The van der Waals surface area contributed by atoms with E-state index in [9.17, 15) is 0 Å². The average Bonchev–Trinajstić information content (AvgIpc) is 2.19. The number of hydrogen-bond donors (Lipinski definition) is 1. The lowest BCUT2D eigenvalue weighted by atomic mass is 10.4. The summed E-state index contributed by atoms with van der Waals surface area (Å²) in [7, 11) is 1.59. The largest absolute Gasteiger partial charge is 0.481 e. The van der Waals surface area contributed by atoms with Crippen LogP contribution in [0, 0.1) is 12.3 Å². The smallest absolute Gasteiger partial charge is 0.214 e. The highest BCUT2D eigenvalue weighted by atomic mass is 16.5. The van der Waals surface area contributed by atoms with Gasteiger partial charge in [-0.1, -0.05) is 6.07 Å². The molecule has 0 aliphatic carbocycles. The van der Waals surface area contributed by atoms with E-state index >= 15 is 0 Å². The van der Waals surface area contributed by atoms with Crippen LogP contribution in [0.3, 0.4) is 0 Å². The summed E-state index contributed by atoms with van der Waals surface area (Å²) >= 11 is 0. The van der Waals surface area contributed by atoms with E-state index in [2.05, 4.69) is 16.2 Å². The van der Waals surface area contributed by atoms with Gasteiger partial charge in [-0.3, -0.25) is 0 Å². The zero-order chi connectivity index (χ0) is 9.52. The highest BCUT2D eigenvalue weighted by Crippen LogP contribution is 2.09. The van der Waals surface area contributed by atoms with Crippen molar-refractivity contribution < 1.29 is 4.74 Å². The quantitative estimate of drug-likeness (QED) is 0.558. The van der Waals surface area contributed by atoms with Crippen molar-refractivity contribution in [2.45, 2.75) is 6.42 Å². The third-order valence-electron chi connectivity index (χ3n) is 1.51. The Kier molecular flexibility index (Phi) is 3.65. The number of methoxy groups -OCH3 is 1. The predicted molar refractivity (Wildman–Crippen MR) is 52.7 cm³/mol. The van der Waals surface area contributed by atoms with Crippen molar-refractivity contribution >= 4 is 5.82 Å². The summed E-state index contributed by atoms with van der Waals surface area (Å²) < 4.78 is 4.97. The van der Waals surface area contributed by atoms with E-state index in [1.165, 1.54) is 0 Å². The van der Waals surface area contributed by atoms with E-state index in [0.29, 0.717) is 12.3 Å². The molecule has 1 aromatic rings. The van der Waals surface area contributed by atoms with E-state index in [0.717, 1.165) is 12.4 Å². The Morgan fingerprint density at radius 3 is 3.15 bits per heavy atom. The first-order valence-corrected chi connectivity index (χ1v) is 4.05. The van der Waals surface area contributed by atoms with Crippen LogP contribution in [0.2, 0.25) is 0 Å². The van der Waals surface area contributed by atoms with Crippen LogP contribution in [0.5, 0.6) is 5.88 Å². The molecule has 0 radical (unpaired) electrons. The van der Waals surface area contributed by atoms with Gasteiger partial charge in [0.1, 0.15) is 5.82 Å². The van der Waals surface area contributed by atoms with Crippen molar-refractivity contribution in [3.63, 3.8) is 0 Å². The fourth-order valence-corrected chi connectivity index (χ4v) is 0.890. The molecule has 0 amide bonds. The van der Waals surface area contributed by atoms with E-state index in [1.54, 1.807) is 13.2 Å². The molecule has 0 aliphatic rings. The van der Waals surface area contributed by atoms with Gasteiger partial charge in [0.2, 0.25) is 5.88 Å². The standard InChI is InChI=1S/C10H12N2O/c1-3-4-8-11-9-6-5-7-10(12-9)13-2/h1,5-7H,4,8H2,2H3,(H,11,12). The average molecular weight is 176 g/mol. The van der Waals surface area contributed by atoms with Crippen LogP contribution in [0.15, 0.2) is 18.2 Å².